The largest absolute Gasteiger partial charge is 0.395 e. The van der Waals surface area contributed by atoms with Crippen LogP contribution < -0.4 is 5.32 Å². The molecule has 2 N–H and O–H groups in total. The molecule has 1 aromatic heterocycles. The third-order valence-electron chi connectivity index (χ3n) is 2.69. The zero-order valence-corrected chi connectivity index (χ0v) is 11.0. The minimum absolute atomic E-state index is 0.198. The van der Waals surface area contributed by atoms with Gasteiger partial charge in [-0.15, -0.1) is 0 Å². The van der Waals surface area contributed by atoms with Crippen molar-refractivity contribution in [2.45, 2.75) is 33.4 Å². The van der Waals surface area contributed by atoms with Crippen molar-refractivity contribution < 1.29 is 5.11 Å². The highest BCUT2D eigenvalue weighted by atomic mass is 16.3. The average molecular weight is 237 g/mol. The summed E-state index contributed by atoms with van der Waals surface area (Å²) in [7, 11) is 0. The molecule has 0 saturated heterocycles. The van der Waals surface area contributed by atoms with Crippen molar-refractivity contribution in [3.63, 3.8) is 0 Å². The Bertz CT molecular complexity index is 328. The molecule has 0 bridgehead atoms. The van der Waals surface area contributed by atoms with Gasteiger partial charge in [0, 0.05) is 31.9 Å². The molecular formula is C13H23N3O. The number of anilines is 1. The van der Waals surface area contributed by atoms with Crippen LogP contribution in [-0.4, -0.2) is 40.7 Å². The number of hydrogen-bond donors (Lipinski definition) is 2. The lowest BCUT2D eigenvalue weighted by atomic mass is 10.2. The molecule has 4 heteroatoms. The molecule has 0 saturated carbocycles. The fourth-order valence-corrected chi connectivity index (χ4v) is 1.73. The van der Waals surface area contributed by atoms with Gasteiger partial charge >= 0.3 is 0 Å². The third-order valence-corrected chi connectivity index (χ3v) is 2.69. The topological polar surface area (TPSA) is 48.4 Å². The van der Waals surface area contributed by atoms with Gasteiger partial charge < -0.3 is 10.4 Å². The first-order valence-electron chi connectivity index (χ1n) is 6.21. The highest BCUT2D eigenvalue weighted by Gasteiger charge is 2.09. The van der Waals surface area contributed by atoms with E-state index in [-0.39, 0.29) is 6.61 Å². The van der Waals surface area contributed by atoms with E-state index in [0.717, 1.165) is 18.9 Å². The molecule has 4 nitrogen and oxygen atoms in total. The number of aliphatic hydroxyl groups excluding tert-OH is 1. The number of hydrogen-bond acceptors (Lipinski definition) is 4. The van der Waals surface area contributed by atoms with Crippen LogP contribution in [0.5, 0.6) is 0 Å². The van der Waals surface area contributed by atoms with E-state index >= 15 is 0 Å². The molecule has 1 heterocycles. The lowest BCUT2D eigenvalue weighted by molar-refractivity contribution is 0.159. The van der Waals surface area contributed by atoms with Crippen molar-refractivity contribution in [3.8, 4) is 0 Å². The molecule has 0 aliphatic rings. The van der Waals surface area contributed by atoms with Gasteiger partial charge in [-0.3, -0.25) is 4.90 Å². The predicted octanol–water partition coefficient (Wildman–Crippen LogP) is 1.72. The van der Waals surface area contributed by atoms with Gasteiger partial charge in [-0.1, -0.05) is 0 Å². The summed E-state index contributed by atoms with van der Waals surface area (Å²) in [5.74, 6) is 0.915. The number of aromatic nitrogens is 1. The molecular weight excluding hydrogens is 214 g/mol. The monoisotopic (exact) mass is 237 g/mol. The maximum Gasteiger partial charge on any atom is 0.126 e. The highest BCUT2D eigenvalue weighted by molar-refractivity contribution is 5.37. The normalized spacial score (nSPS) is 11.2. The summed E-state index contributed by atoms with van der Waals surface area (Å²) < 4.78 is 0. The van der Waals surface area contributed by atoms with E-state index in [2.05, 4.69) is 42.0 Å². The summed E-state index contributed by atoms with van der Waals surface area (Å²) in [6, 6.07) is 4.52. The van der Waals surface area contributed by atoms with Gasteiger partial charge in [0.2, 0.25) is 0 Å². The van der Waals surface area contributed by atoms with E-state index < -0.39 is 0 Å². The Balaban J connectivity index is 2.68. The summed E-state index contributed by atoms with van der Waals surface area (Å²) in [5.41, 5.74) is 1.22. The van der Waals surface area contributed by atoms with Crippen molar-refractivity contribution >= 4 is 5.82 Å². The molecule has 0 aliphatic heterocycles. The minimum atomic E-state index is 0.198. The van der Waals surface area contributed by atoms with Crippen LogP contribution in [0.15, 0.2) is 18.3 Å². The zero-order valence-electron chi connectivity index (χ0n) is 11.0. The quantitative estimate of drug-likeness (QED) is 0.758. The predicted molar refractivity (Wildman–Crippen MR) is 71.0 cm³/mol. The number of pyridine rings is 1. The van der Waals surface area contributed by atoms with Crippen molar-refractivity contribution in [1.29, 1.82) is 0 Å². The van der Waals surface area contributed by atoms with Gasteiger partial charge in [-0.2, -0.15) is 0 Å². The van der Waals surface area contributed by atoms with Crippen LogP contribution in [0.2, 0.25) is 0 Å². The van der Waals surface area contributed by atoms with E-state index in [1.165, 1.54) is 5.56 Å². The van der Waals surface area contributed by atoms with E-state index in [4.69, 9.17) is 5.11 Å². The van der Waals surface area contributed by atoms with Crippen LogP contribution in [0.1, 0.15) is 26.3 Å². The van der Waals surface area contributed by atoms with E-state index in [1.54, 1.807) is 0 Å². The number of rotatable bonds is 7. The first kappa shape index (κ1) is 13.9. The van der Waals surface area contributed by atoms with Gasteiger partial charge in [-0.25, -0.2) is 4.98 Å². The first-order valence-corrected chi connectivity index (χ1v) is 6.21. The third kappa shape index (κ3) is 4.71. The lowest BCUT2D eigenvalue weighted by Crippen LogP contribution is -2.32. The number of nitrogens with one attached hydrogen (secondary N) is 1. The molecule has 96 valence electrons. The minimum Gasteiger partial charge on any atom is -0.395 e. The average Bonchev–Trinajstić information content (AvgIpc) is 2.29. The molecule has 0 spiro atoms. The molecule has 0 atom stereocenters. The standard InChI is InChI=1S/C13H23N3O/c1-4-14-13-9-12(5-6-15-13)10-16(7-8-17)11(2)3/h5-6,9,11,17H,4,7-8,10H2,1-3H3,(H,14,15). The Morgan fingerprint density at radius 1 is 1.47 bits per heavy atom. The van der Waals surface area contributed by atoms with Gasteiger partial charge in [-0.05, 0) is 38.5 Å². The zero-order chi connectivity index (χ0) is 12.7. The van der Waals surface area contributed by atoms with Crippen molar-refractivity contribution in [3.05, 3.63) is 23.9 Å². The first-order chi connectivity index (χ1) is 8.17. The molecule has 17 heavy (non-hydrogen) atoms. The Morgan fingerprint density at radius 2 is 2.24 bits per heavy atom. The smallest absolute Gasteiger partial charge is 0.126 e. The Morgan fingerprint density at radius 3 is 2.82 bits per heavy atom. The molecule has 0 radical (unpaired) electrons. The summed E-state index contributed by atoms with van der Waals surface area (Å²) >= 11 is 0. The molecule has 0 amide bonds. The second kappa shape index (κ2) is 7.25. The highest BCUT2D eigenvalue weighted by Crippen LogP contribution is 2.11. The Labute approximate surface area is 104 Å². The van der Waals surface area contributed by atoms with Crippen molar-refractivity contribution in [2.24, 2.45) is 0 Å². The molecule has 1 aromatic rings. The van der Waals surface area contributed by atoms with Gasteiger partial charge in [0.15, 0.2) is 0 Å². The molecule has 0 aliphatic carbocycles. The summed E-state index contributed by atoms with van der Waals surface area (Å²) in [4.78, 5) is 6.49. The van der Waals surface area contributed by atoms with Gasteiger partial charge in [0.1, 0.15) is 5.82 Å². The second-order valence-electron chi connectivity index (χ2n) is 4.37. The SMILES string of the molecule is CCNc1cc(CN(CCO)C(C)C)ccn1. The number of aliphatic hydroxyl groups is 1. The van der Waals surface area contributed by atoms with Crippen molar-refractivity contribution in [2.75, 3.05) is 25.0 Å². The van der Waals surface area contributed by atoms with Crippen LogP contribution in [0.25, 0.3) is 0 Å². The molecule has 0 unspecified atom stereocenters. The molecule has 0 fully saturated rings. The summed E-state index contributed by atoms with van der Waals surface area (Å²) in [6.07, 6.45) is 1.82. The van der Waals surface area contributed by atoms with Gasteiger partial charge in [0.25, 0.3) is 0 Å². The lowest BCUT2D eigenvalue weighted by Gasteiger charge is -2.25. The van der Waals surface area contributed by atoms with Crippen LogP contribution in [0, 0.1) is 0 Å². The second-order valence-corrected chi connectivity index (χ2v) is 4.37. The van der Waals surface area contributed by atoms with Crippen LogP contribution >= 0.6 is 0 Å². The summed E-state index contributed by atoms with van der Waals surface area (Å²) in [5, 5.41) is 12.2. The Kier molecular flexibility index (Phi) is 5.94. The fourth-order valence-electron chi connectivity index (χ4n) is 1.73. The molecule has 0 aromatic carbocycles. The van der Waals surface area contributed by atoms with E-state index in [9.17, 15) is 0 Å². The number of nitrogens with zero attached hydrogens (tertiary/aromatic N) is 2. The van der Waals surface area contributed by atoms with Crippen molar-refractivity contribution in [1.82, 2.24) is 9.88 Å². The van der Waals surface area contributed by atoms with E-state index in [0.29, 0.717) is 12.6 Å². The summed E-state index contributed by atoms with van der Waals surface area (Å²) in [6.45, 7) is 8.96. The Hall–Kier alpha value is -1.13. The maximum absolute atomic E-state index is 9.04. The maximum atomic E-state index is 9.04. The van der Waals surface area contributed by atoms with Gasteiger partial charge in [0.05, 0.1) is 6.61 Å². The fraction of sp³-hybridized carbons (Fsp3) is 0.615. The van der Waals surface area contributed by atoms with E-state index in [1.807, 2.05) is 12.3 Å². The molecule has 1 rings (SSSR count). The van der Waals surface area contributed by atoms with Crippen LogP contribution in [-0.2, 0) is 6.54 Å². The van der Waals surface area contributed by atoms with Crippen LogP contribution in [0.3, 0.4) is 0 Å². The van der Waals surface area contributed by atoms with Crippen LogP contribution in [0.4, 0.5) is 5.82 Å².